The highest BCUT2D eigenvalue weighted by atomic mass is 15.3. The van der Waals surface area contributed by atoms with Crippen LogP contribution in [0.5, 0.6) is 0 Å². The lowest BCUT2D eigenvalue weighted by Crippen LogP contribution is -2.30. The van der Waals surface area contributed by atoms with Crippen LogP contribution < -0.4 is 10.2 Å². The Morgan fingerprint density at radius 3 is 3.07 bits per heavy atom. The van der Waals surface area contributed by atoms with Gasteiger partial charge in [0.1, 0.15) is 0 Å². The fourth-order valence-corrected chi connectivity index (χ4v) is 1.77. The molecule has 0 aliphatic carbocycles. The molecule has 14 heavy (non-hydrogen) atoms. The summed E-state index contributed by atoms with van der Waals surface area (Å²) < 4.78 is 0. The fourth-order valence-electron chi connectivity index (χ4n) is 1.77. The number of hydrogen-bond donors (Lipinski definition) is 1. The Kier molecular flexibility index (Phi) is 2.63. The van der Waals surface area contributed by atoms with Crippen molar-refractivity contribution in [2.24, 2.45) is 0 Å². The maximum absolute atomic E-state index is 4.41. The summed E-state index contributed by atoms with van der Waals surface area (Å²) in [4.78, 5) is 10.9. The molecule has 1 unspecified atom stereocenters. The molecule has 2 rings (SSSR count). The molecule has 1 aromatic rings. The van der Waals surface area contributed by atoms with Crippen LogP contribution >= 0.6 is 0 Å². The number of nitrogens with zero attached hydrogens (tertiary/aromatic N) is 3. The highest BCUT2D eigenvalue weighted by Gasteiger charge is 2.22. The van der Waals surface area contributed by atoms with Crippen LogP contribution in [-0.4, -0.2) is 36.1 Å². The van der Waals surface area contributed by atoms with E-state index in [-0.39, 0.29) is 0 Å². The summed E-state index contributed by atoms with van der Waals surface area (Å²) in [5, 5.41) is 3.28. The Morgan fingerprint density at radius 2 is 2.43 bits per heavy atom. The van der Waals surface area contributed by atoms with Crippen LogP contribution in [0.2, 0.25) is 0 Å². The fraction of sp³-hybridized carbons (Fsp3) is 0.600. The summed E-state index contributed by atoms with van der Waals surface area (Å²) in [5.74, 6) is 0.864. The molecule has 0 saturated carbocycles. The summed E-state index contributed by atoms with van der Waals surface area (Å²) in [7, 11) is 2.01. The predicted octanol–water partition coefficient (Wildman–Crippen LogP) is 0.583. The average Bonchev–Trinajstić information content (AvgIpc) is 2.66. The van der Waals surface area contributed by atoms with Gasteiger partial charge < -0.3 is 10.2 Å². The molecule has 1 saturated heterocycles. The van der Waals surface area contributed by atoms with Gasteiger partial charge in [-0.05, 0) is 26.5 Å². The quantitative estimate of drug-likeness (QED) is 0.744. The van der Waals surface area contributed by atoms with Gasteiger partial charge in [0.05, 0.1) is 0 Å². The number of aryl methyl sites for hydroxylation is 1. The Labute approximate surface area is 84.4 Å². The minimum Gasteiger partial charge on any atom is -0.339 e. The number of hydrogen-bond acceptors (Lipinski definition) is 4. The van der Waals surface area contributed by atoms with Gasteiger partial charge in [0, 0.05) is 31.0 Å². The van der Waals surface area contributed by atoms with Crippen LogP contribution in [0.15, 0.2) is 12.3 Å². The highest BCUT2D eigenvalue weighted by Crippen LogP contribution is 2.15. The minimum absolute atomic E-state index is 0.583. The first-order valence-electron chi connectivity index (χ1n) is 5.01. The summed E-state index contributed by atoms with van der Waals surface area (Å²) >= 11 is 0. The maximum Gasteiger partial charge on any atom is 0.225 e. The molecule has 76 valence electrons. The molecular weight excluding hydrogens is 176 g/mol. The van der Waals surface area contributed by atoms with Crippen LogP contribution in [-0.2, 0) is 0 Å². The van der Waals surface area contributed by atoms with Gasteiger partial charge in [-0.1, -0.05) is 0 Å². The number of nitrogens with one attached hydrogen (secondary N) is 1. The van der Waals surface area contributed by atoms with E-state index in [0.717, 1.165) is 24.7 Å². The largest absolute Gasteiger partial charge is 0.339 e. The average molecular weight is 192 g/mol. The first kappa shape index (κ1) is 9.40. The summed E-state index contributed by atoms with van der Waals surface area (Å²) in [6.45, 7) is 4.06. The normalized spacial score (nSPS) is 21.6. The van der Waals surface area contributed by atoms with Gasteiger partial charge in [-0.15, -0.1) is 0 Å². The zero-order chi connectivity index (χ0) is 9.97. The molecule has 1 atom stereocenters. The van der Waals surface area contributed by atoms with E-state index in [1.807, 2.05) is 26.2 Å². The minimum atomic E-state index is 0.583. The molecule has 4 nitrogen and oxygen atoms in total. The van der Waals surface area contributed by atoms with Gasteiger partial charge in [-0.25, -0.2) is 9.97 Å². The van der Waals surface area contributed by atoms with Crippen LogP contribution in [0.3, 0.4) is 0 Å². The molecule has 0 amide bonds. The van der Waals surface area contributed by atoms with E-state index in [9.17, 15) is 0 Å². The van der Waals surface area contributed by atoms with Crippen LogP contribution in [0, 0.1) is 6.92 Å². The van der Waals surface area contributed by atoms with E-state index < -0.39 is 0 Å². The Bertz CT molecular complexity index is 313. The molecular formula is C10H16N4. The van der Waals surface area contributed by atoms with Crippen LogP contribution in [0.25, 0.3) is 0 Å². The number of aromatic nitrogens is 2. The number of anilines is 1. The Morgan fingerprint density at radius 1 is 1.57 bits per heavy atom. The second-order valence-electron chi connectivity index (χ2n) is 3.72. The molecule has 0 radical (unpaired) electrons. The number of likely N-dealkylation sites (N-methyl/N-ethyl adjacent to an activating group) is 1. The molecule has 1 aliphatic heterocycles. The second-order valence-corrected chi connectivity index (χ2v) is 3.72. The molecule has 4 heteroatoms. The summed E-state index contributed by atoms with van der Waals surface area (Å²) in [6, 6.07) is 2.51. The Balaban J connectivity index is 2.09. The van der Waals surface area contributed by atoms with E-state index >= 15 is 0 Å². The number of rotatable bonds is 2. The van der Waals surface area contributed by atoms with Crippen molar-refractivity contribution >= 4 is 5.95 Å². The molecule has 1 aliphatic rings. The van der Waals surface area contributed by atoms with Crippen molar-refractivity contribution in [1.29, 1.82) is 0 Å². The molecule has 1 N–H and O–H groups in total. The monoisotopic (exact) mass is 192 g/mol. The molecule has 0 aromatic carbocycles. The standard InChI is InChI=1S/C10H16N4/c1-8-3-5-12-10(13-8)14-6-4-9(7-14)11-2/h3,5,9,11H,4,6-7H2,1-2H3. The smallest absolute Gasteiger partial charge is 0.225 e. The maximum atomic E-state index is 4.41. The topological polar surface area (TPSA) is 41.0 Å². The van der Waals surface area contributed by atoms with Crippen molar-refractivity contribution in [2.75, 3.05) is 25.0 Å². The first-order valence-corrected chi connectivity index (χ1v) is 5.01. The first-order chi connectivity index (χ1) is 6.79. The third kappa shape index (κ3) is 1.85. The Hall–Kier alpha value is -1.16. The SMILES string of the molecule is CNC1CCN(c2nccc(C)n2)C1. The van der Waals surface area contributed by atoms with E-state index in [1.54, 1.807) is 0 Å². The van der Waals surface area contributed by atoms with Gasteiger partial charge in [-0.2, -0.15) is 0 Å². The lowest BCUT2D eigenvalue weighted by Gasteiger charge is -2.15. The summed E-state index contributed by atoms with van der Waals surface area (Å²) in [6.07, 6.45) is 3.00. The van der Waals surface area contributed by atoms with Crippen molar-refractivity contribution < 1.29 is 0 Å². The van der Waals surface area contributed by atoms with Crippen molar-refractivity contribution in [3.05, 3.63) is 18.0 Å². The van der Waals surface area contributed by atoms with E-state index in [0.29, 0.717) is 6.04 Å². The van der Waals surface area contributed by atoms with Gasteiger partial charge in [0.2, 0.25) is 5.95 Å². The van der Waals surface area contributed by atoms with Crippen molar-refractivity contribution in [3.63, 3.8) is 0 Å². The van der Waals surface area contributed by atoms with Crippen LogP contribution in [0.4, 0.5) is 5.95 Å². The summed E-state index contributed by atoms with van der Waals surface area (Å²) in [5.41, 5.74) is 1.03. The molecule has 1 fully saturated rings. The highest BCUT2D eigenvalue weighted by molar-refractivity contribution is 5.32. The van der Waals surface area contributed by atoms with Gasteiger partial charge in [-0.3, -0.25) is 0 Å². The van der Waals surface area contributed by atoms with Crippen molar-refractivity contribution in [2.45, 2.75) is 19.4 Å². The molecule has 2 heterocycles. The van der Waals surface area contributed by atoms with Gasteiger partial charge in [0.15, 0.2) is 0 Å². The van der Waals surface area contributed by atoms with Gasteiger partial charge >= 0.3 is 0 Å². The van der Waals surface area contributed by atoms with E-state index in [1.165, 1.54) is 6.42 Å². The van der Waals surface area contributed by atoms with Crippen molar-refractivity contribution in [1.82, 2.24) is 15.3 Å². The zero-order valence-electron chi connectivity index (χ0n) is 8.70. The van der Waals surface area contributed by atoms with E-state index in [2.05, 4.69) is 20.2 Å². The lowest BCUT2D eigenvalue weighted by atomic mass is 10.3. The third-order valence-corrected chi connectivity index (χ3v) is 2.66. The third-order valence-electron chi connectivity index (χ3n) is 2.66. The van der Waals surface area contributed by atoms with Crippen molar-refractivity contribution in [3.8, 4) is 0 Å². The van der Waals surface area contributed by atoms with E-state index in [4.69, 9.17) is 0 Å². The zero-order valence-corrected chi connectivity index (χ0v) is 8.70. The lowest BCUT2D eigenvalue weighted by molar-refractivity contribution is 0.616. The van der Waals surface area contributed by atoms with Crippen LogP contribution in [0.1, 0.15) is 12.1 Å². The van der Waals surface area contributed by atoms with Gasteiger partial charge in [0.25, 0.3) is 0 Å². The predicted molar refractivity (Wildman–Crippen MR) is 56.4 cm³/mol. The molecule has 1 aromatic heterocycles. The molecule has 0 bridgehead atoms. The second kappa shape index (κ2) is 3.92. The molecule has 0 spiro atoms.